The third-order valence-electron chi connectivity index (χ3n) is 4.88. The zero-order chi connectivity index (χ0) is 21.5. The van der Waals surface area contributed by atoms with Crippen molar-refractivity contribution in [3.05, 3.63) is 82.7 Å². The number of benzene rings is 2. The molecule has 1 heterocycles. The Kier molecular flexibility index (Phi) is 7.25. The SMILES string of the molecule is CN=C(NCc1ccc(CN(C)C)cc1)NCc1ccccc1-n1nc(C)cc1C. The maximum atomic E-state index is 4.63. The van der Waals surface area contributed by atoms with Crippen LogP contribution < -0.4 is 10.6 Å². The Morgan fingerprint density at radius 2 is 1.63 bits per heavy atom. The van der Waals surface area contributed by atoms with Crippen LogP contribution in [-0.4, -0.2) is 41.8 Å². The molecule has 0 aliphatic heterocycles. The van der Waals surface area contributed by atoms with Gasteiger partial charge in [0.25, 0.3) is 0 Å². The van der Waals surface area contributed by atoms with Gasteiger partial charge in [-0.15, -0.1) is 0 Å². The van der Waals surface area contributed by atoms with Crippen LogP contribution in [0.25, 0.3) is 5.69 Å². The molecule has 0 aliphatic rings. The van der Waals surface area contributed by atoms with Crippen molar-refractivity contribution in [1.82, 2.24) is 25.3 Å². The van der Waals surface area contributed by atoms with Crippen LogP contribution in [0, 0.1) is 13.8 Å². The molecule has 0 bridgehead atoms. The quantitative estimate of drug-likeness (QED) is 0.468. The largest absolute Gasteiger partial charge is 0.352 e. The molecule has 0 fully saturated rings. The molecular formula is C24H32N6. The lowest BCUT2D eigenvalue weighted by Gasteiger charge is -2.15. The molecule has 0 spiro atoms. The van der Waals surface area contributed by atoms with E-state index in [0.29, 0.717) is 6.54 Å². The van der Waals surface area contributed by atoms with Gasteiger partial charge in [-0.25, -0.2) is 4.68 Å². The van der Waals surface area contributed by atoms with E-state index < -0.39 is 0 Å². The van der Waals surface area contributed by atoms with Crippen molar-refractivity contribution in [3.63, 3.8) is 0 Å². The first-order valence-electron chi connectivity index (χ1n) is 10.2. The minimum absolute atomic E-state index is 0.663. The number of nitrogens with zero attached hydrogens (tertiary/aromatic N) is 4. The van der Waals surface area contributed by atoms with Crippen LogP contribution in [-0.2, 0) is 19.6 Å². The van der Waals surface area contributed by atoms with Crippen molar-refractivity contribution in [2.24, 2.45) is 4.99 Å². The average Bonchev–Trinajstić information content (AvgIpc) is 3.07. The van der Waals surface area contributed by atoms with Gasteiger partial charge in [0.1, 0.15) is 0 Å². The first-order chi connectivity index (χ1) is 14.5. The molecule has 6 nitrogen and oxygen atoms in total. The fourth-order valence-electron chi connectivity index (χ4n) is 3.45. The van der Waals surface area contributed by atoms with Crippen LogP contribution >= 0.6 is 0 Å². The molecule has 2 aromatic carbocycles. The molecule has 0 aliphatic carbocycles. The summed E-state index contributed by atoms with van der Waals surface area (Å²) in [5.41, 5.74) is 6.93. The number of hydrogen-bond donors (Lipinski definition) is 2. The summed E-state index contributed by atoms with van der Waals surface area (Å²) in [5.74, 6) is 0.774. The van der Waals surface area contributed by atoms with Gasteiger partial charge in [-0.3, -0.25) is 4.99 Å². The van der Waals surface area contributed by atoms with E-state index in [4.69, 9.17) is 0 Å². The molecule has 0 saturated carbocycles. The van der Waals surface area contributed by atoms with E-state index >= 15 is 0 Å². The number of nitrogens with one attached hydrogen (secondary N) is 2. The van der Waals surface area contributed by atoms with Crippen molar-refractivity contribution in [2.45, 2.75) is 33.5 Å². The number of rotatable bonds is 7. The first-order valence-corrected chi connectivity index (χ1v) is 10.2. The summed E-state index contributed by atoms with van der Waals surface area (Å²) in [7, 11) is 5.96. The van der Waals surface area contributed by atoms with Crippen molar-refractivity contribution in [3.8, 4) is 5.69 Å². The highest BCUT2D eigenvalue weighted by molar-refractivity contribution is 5.79. The van der Waals surface area contributed by atoms with E-state index in [2.05, 4.69) is 95.2 Å². The van der Waals surface area contributed by atoms with Gasteiger partial charge in [0.15, 0.2) is 5.96 Å². The van der Waals surface area contributed by atoms with Crippen molar-refractivity contribution in [2.75, 3.05) is 21.1 Å². The molecule has 3 rings (SSSR count). The van der Waals surface area contributed by atoms with Gasteiger partial charge in [-0.1, -0.05) is 42.5 Å². The molecule has 3 aromatic rings. The molecular weight excluding hydrogens is 372 g/mol. The second-order valence-corrected chi connectivity index (χ2v) is 7.80. The number of para-hydroxylation sites is 1. The molecule has 0 radical (unpaired) electrons. The lowest BCUT2D eigenvalue weighted by Crippen LogP contribution is -2.36. The smallest absolute Gasteiger partial charge is 0.191 e. The van der Waals surface area contributed by atoms with Gasteiger partial charge in [0.05, 0.1) is 11.4 Å². The Bertz CT molecular complexity index is 985. The Morgan fingerprint density at radius 1 is 0.967 bits per heavy atom. The van der Waals surface area contributed by atoms with Crippen molar-refractivity contribution < 1.29 is 0 Å². The minimum Gasteiger partial charge on any atom is -0.352 e. The Labute approximate surface area is 179 Å². The third kappa shape index (κ3) is 5.70. The number of aryl methyl sites for hydroxylation is 2. The van der Waals surface area contributed by atoms with Crippen LogP contribution in [0.5, 0.6) is 0 Å². The van der Waals surface area contributed by atoms with Gasteiger partial charge in [-0.05, 0) is 56.8 Å². The molecule has 0 amide bonds. The predicted molar refractivity (Wildman–Crippen MR) is 124 cm³/mol. The lowest BCUT2D eigenvalue weighted by atomic mass is 10.1. The summed E-state index contributed by atoms with van der Waals surface area (Å²) in [6.07, 6.45) is 0. The molecule has 2 N–H and O–H groups in total. The second-order valence-electron chi connectivity index (χ2n) is 7.80. The molecule has 158 valence electrons. The summed E-state index contributed by atoms with van der Waals surface area (Å²) in [6.45, 7) is 6.43. The van der Waals surface area contributed by atoms with Crippen molar-refractivity contribution in [1.29, 1.82) is 0 Å². The zero-order valence-corrected chi connectivity index (χ0v) is 18.6. The van der Waals surface area contributed by atoms with Gasteiger partial charge < -0.3 is 15.5 Å². The standard InChI is InChI=1S/C24H32N6/c1-18-14-19(2)30(28-18)23-9-7-6-8-22(23)16-27-24(25-3)26-15-20-10-12-21(13-11-20)17-29(4)5/h6-14H,15-17H2,1-5H3,(H2,25,26,27). The van der Waals surface area contributed by atoms with Gasteiger partial charge >= 0.3 is 0 Å². The normalized spacial score (nSPS) is 11.7. The number of hydrogen-bond acceptors (Lipinski definition) is 3. The average molecular weight is 405 g/mol. The highest BCUT2D eigenvalue weighted by Gasteiger charge is 2.09. The highest BCUT2D eigenvalue weighted by atomic mass is 15.3. The summed E-state index contributed by atoms with van der Waals surface area (Å²) in [4.78, 5) is 6.53. The maximum Gasteiger partial charge on any atom is 0.191 e. The minimum atomic E-state index is 0.663. The maximum absolute atomic E-state index is 4.63. The highest BCUT2D eigenvalue weighted by Crippen LogP contribution is 2.17. The summed E-state index contributed by atoms with van der Waals surface area (Å²) >= 11 is 0. The summed E-state index contributed by atoms with van der Waals surface area (Å²) < 4.78 is 2.00. The van der Waals surface area contributed by atoms with Gasteiger partial charge in [0, 0.05) is 32.4 Å². The van der Waals surface area contributed by atoms with Crippen LogP contribution in [0.3, 0.4) is 0 Å². The zero-order valence-electron chi connectivity index (χ0n) is 18.6. The second kappa shape index (κ2) is 10.1. The summed E-state index contributed by atoms with van der Waals surface area (Å²) in [6, 6.07) is 19.1. The third-order valence-corrected chi connectivity index (χ3v) is 4.88. The van der Waals surface area contributed by atoms with Crippen LogP contribution in [0.2, 0.25) is 0 Å². The Hall–Kier alpha value is -3.12. The summed E-state index contributed by atoms with van der Waals surface area (Å²) in [5, 5.41) is 11.4. The number of aliphatic imine (C=N–C) groups is 1. The van der Waals surface area contributed by atoms with E-state index in [0.717, 1.165) is 36.1 Å². The van der Waals surface area contributed by atoms with Crippen LogP contribution in [0.15, 0.2) is 59.6 Å². The van der Waals surface area contributed by atoms with Crippen molar-refractivity contribution >= 4 is 5.96 Å². The van der Waals surface area contributed by atoms with E-state index in [-0.39, 0.29) is 0 Å². The fraction of sp³-hybridized carbons (Fsp3) is 0.333. The fourth-order valence-corrected chi connectivity index (χ4v) is 3.45. The van der Waals surface area contributed by atoms with Gasteiger partial charge in [0.2, 0.25) is 0 Å². The molecule has 0 saturated heterocycles. The van der Waals surface area contributed by atoms with Crippen LogP contribution in [0.4, 0.5) is 0 Å². The van der Waals surface area contributed by atoms with E-state index in [9.17, 15) is 0 Å². The van der Waals surface area contributed by atoms with E-state index in [1.807, 2.05) is 17.7 Å². The van der Waals surface area contributed by atoms with Gasteiger partial charge in [-0.2, -0.15) is 5.10 Å². The number of guanidine groups is 1. The predicted octanol–water partition coefficient (Wildman–Crippen LogP) is 3.42. The topological polar surface area (TPSA) is 57.5 Å². The molecule has 0 atom stereocenters. The van der Waals surface area contributed by atoms with Crippen LogP contribution in [0.1, 0.15) is 28.1 Å². The Morgan fingerprint density at radius 3 is 2.27 bits per heavy atom. The Balaban J connectivity index is 1.61. The first kappa shape index (κ1) is 21.6. The molecule has 6 heteroatoms. The lowest BCUT2D eigenvalue weighted by molar-refractivity contribution is 0.402. The van der Waals surface area contributed by atoms with E-state index in [1.54, 1.807) is 7.05 Å². The number of aromatic nitrogens is 2. The molecule has 30 heavy (non-hydrogen) atoms. The molecule has 0 unspecified atom stereocenters. The molecule has 1 aromatic heterocycles. The monoisotopic (exact) mass is 404 g/mol. The van der Waals surface area contributed by atoms with E-state index in [1.165, 1.54) is 16.7 Å².